The Kier molecular flexibility index (Phi) is 4.86. The van der Waals surface area contributed by atoms with Gasteiger partial charge in [-0.3, -0.25) is 4.79 Å². The second-order valence-electron chi connectivity index (χ2n) is 8.01. The van der Waals surface area contributed by atoms with Crippen molar-refractivity contribution in [3.8, 4) is 11.5 Å². The second-order valence-corrected chi connectivity index (χ2v) is 8.01. The van der Waals surface area contributed by atoms with E-state index in [1.54, 1.807) is 12.1 Å². The molecule has 0 saturated carbocycles. The molecule has 156 valence electrons. The van der Waals surface area contributed by atoms with Crippen molar-refractivity contribution < 1.29 is 14.6 Å². The summed E-state index contributed by atoms with van der Waals surface area (Å²) >= 11 is 0. The number of carbonyl (C=O) groups is 1. The molecule has 0 saturated heterocycles. The second kappa shape index (κ2) is 7.84. The number of aromatic hydroxyl groups is 1. The zero-order valence-corrected chi connectivity index (χ0v) is 17.3. The molecule has 0 aromatic heterocycles. The number of allylic oxidation sites excluding steroid dienone is 1. The molecule has 2 atom stereocenters. The molecular weight excluding hydrogens is 388 g/mol. The molecule has 5 heteroatoms. The fourth-order valence-corrected chi connectivity index (χ4v) is 4.58. The summed E-state index contributed by atoms with van der Waals surface area (Å²) in [5.41, 5.74) is 5.61. The van der Waals surface area contributed by atoms with Crippen molar-refractivity contribution in [1.29, 1.82) is 0 Å². The van der Waals surface area contributed by atoms with E-state index in [1.165, 1.54) is 12.7 Å². The van der Waals surface area contributed by atoms with Crippen LogP contribution in [-0.4, -0.2) is 18.0 Å². The van der Waals surface area contributed by atoms with E-state index in [-0.39, 0.29) is 23.5 Å². The Morgan fingerprint density at radius 3 is 2.42 bits per heavy atom. The Labute approximate surface area is 181 Å². The van der Waals surface area contributed by atoms with Gasteiger partial charge in [-0.15, -0.1) is 0 Å². The van der Waals surface area contributed by atoms with Crippen molar-refractivity contribution >= 4 is 17.2 Å². The summed E-state index contributed by atoms with van der Waals surface area (Å²) in [5.74, 6) is 0.726. The van der Waals surface area contributed by atoms with Gasteiger partial charge in [0.15, 0.2) is 17.3 Å². The maximum atomic E-state index is 13.5. The summed E-state index contributed by atoms with van der Waals surface area (Å²) in [5, 5.41) is 17.2. The Morgan fingerprint density at radius 1 is 0.903 bits per heavy atom. The lowest BCUT2D eigenvalue weighted by atomic mass is 9.78. The molecule has 0 unspecified atom stereocenters. The molecule has 5 nitrogen and oxygen atoms in total. The minimum atomic E-state index is -0.343. The molecule has 0 amide bonds. The van der Waals surface area contributed by atoms with E-state index >= 15 is 0 Å². The number of phenols is 1. The fourth-order valence-electron chi connectivity index (χ4n) is 4.58. The predicted octanol–water partition coefficient (Wildman–Crippen LogP) is 5.38. The average Bonchev–Trinajstić information content (AvgIpc) is 2.97. The van der Waals surface area contributed by atoms with Gasteiger partial charge < -0.3 is 20.5 Å². The Morgan fingerprint density at radius 2 is 1.65 bits per heavy atom. The molecule has 1 heterocycles. The molecule has 0 radical (unpaired) electrons. The molecule has 5 rings (SSSR count). The van der Waals surface area contributed by atoms with Crippen LogP contribution in [0.4, 0.5) is 11.4 Å². The lowest BCUT2D eigenvalue weighted by Gasteiger charge is -2.30. The quantitative estimate of drug-likeness (QED) is 0.539. The van der Waals surface area contributed by atoms with Gasteiger partial charge in [0.1, 0.15) is 0 Å². The summed E-state index contributed by atoms with van der Waals surface area (Å²) < 4.78 is 5.32. The first kappa shape index (κ1) is 19.2. The molecule has 3 aromatic rings. The van der Waals surface area contributed by atoms with Crippen LogP contribution in [0, 0.1) is 0 Å². The van der Waals surface area contributed by atoms with Gasteiger partial charge in [0.25, 0.3) is 0 Å². The van der Waals surface area contributed by atoms with E-state index in [9.17, 15) is 9.90 Å². The van der Waals surface area contributed by atoms with Gasteiger partial charge in [-0.05, 0) is 47.7 Å². The highest BCUT2D eigenvalue weighted by Crippen LogP contribution is 2.45. The summed E-state index contributed by atoms with van der Waals surface area (Å²) in [6.45, 7) is 0. The van der Waals surface area contributed by atoms with Gasteiger partial charge >= 0.3 is 0 Å². The number of rotatable bonds is 3. The number of para-hydroxylation sites is 2. The number of ketones is 1. The first-order chi connectivity index (χ1) is 15.1. The van der Waals surface area contributed by atoms with Crippen LogP contribution in [0.1, 0.15) is 35.9 Å². The molecular formula is C26H24N2O3. The highest BCUT2D eigenvalue weighted by atomic mass is 16.5. The van der Waals surface area contributed by atoms with Crippen LogP contribution in [0.2, 0.25) is 0 Å². The highest BCUT2D eigenvalue weighted by Gasteiger charge is 2.36. The average molecular weight is 412 g/mol. The molecule has 31 heavy (non-hydrogen) atoms. The molecule has 3 N–H and O–H groups in total. The minimum Gasteiger partial charge on any atom is -0.504 e. The number of phenolic OH excluding ortho intramolecular Hbond substituents is 1. The van der Waals surface area contributed by atoms with Gasteiger partial charge in [0.05, 0.1) is 24.5 Å². The van der Waals surface area contributed by atoms with Gasteiger partial charge in [0, 0.05) is 17.7 Å². The normalized spacial score (nSPS) is 20.1. The highest BCUT2D eigenvalue weighted by molar-refractivity contribution is 6.01. The zero-order chi connectivity index (χ0) is 21.4. The van der Waals surface area contributed by atoms with Crippen molar-refractivity contribution in [3.05, 3.63) is 95.2 Å². The molecule has 1 aliphatic carbocycles. The maximum absolute atomic E-state index is 13.5. The number of hydrogen-bond acceptors (Lipinski definition) is 5. The van der Waals surface area contributed by atoms with Crippen molar-refractivity contribution in [3.63, 3.8) is 0 Å². The zero-order valence-electron chi connectivity index (χ0n) is 17.3. The summed E-state index contributed by atoms with van der Waals surface area (Å²) in [4.78, 5) is 13.5. The van der Waals surface area contributed by atoms with E-state index in [4.69, 9.17) is 4.74 Å². The summed E-state index contributed by atoms with van der Waals surface area (Å²) in [6, 6.07) is 23.1. The van der Waals surface area contributed by atoms with Crippen LogP contribution in [0.25, 0.3) is 0 Å². The van der Waals surface area contributed by atoms with E-state index in [1.807, 2.05) is 48.5 Å². The number of ether oxygens (including phenoxy) is 1. The Hall–Kier alpha value is -3.73. The molecule has 3 aromatic carbocycles. The van der Waals surface area contributed by atoms with E-state index in [0.717, 1.165) is 34.6 Å². The standard InChI is InChI=1S/C26H24N2O3/c1-31-24-15-17(11-12-22(24)29)26-25-21(27-19-9-5-6-10-20(19)28-26)13-18(14-23(25)30)16-7-3-2-4-8-16/h2-12,15,18,26-29H,13-14H2,1H3/t18-,26+/m0/s1. The van der Waals surface area contributed by atoms with E-state index in [0.29, 0.717) is 12.2 Å². The number of fused-ring (bicyclic) bond motifs is 1. The van der Waals surface area contributed by atoms with Gasteiger partial charge in [-0.25, -0.2) is 0 Å². The number of anilines is 2. The molecule has 0 bridgehead atoms. The van der Waals surface area contributed by atoms with Crippen LogP contribution in [0.5, 0.6) is 11.5 Å². The number of nitrogens with one attached hydrogen (secondary N) is 2. The van der Waals surface area contributed by atoms with Crippen molar-refractivity contribution in [1.82, 2.24) is 0 Å². The number of hydrogen-bond donors (Lipinski definition) is 3. The summed E-state index contributed by atoms with van der Waals surface area (Å²) in [6.07, 6.45) is 1.22. The van der Waals surface area contributed by atoms with E-state index in [2.05, 4.69) is 22.8 Å². The van der Waals surface area contributed by atoms with Gasteiger partial charge in [-0.2, -0.15) is 0 Å². The predicted molar refractivity (Wildman–Crippen MR) is 122 cm³/mol. The number of methoxy groups -OCH3 is 1. The third kappa shape index (κ3) is 3.52. The maximum Gasteiger partial charge on any atom is 0.163 e. The molecule has 1 aliphatic heterocycles. The smallest absolute Gasteiger partial charge is 0.163 e. The molecule has 2 aliphatic rings. The summed E-state index contributed by atoms with van der Waals surface area (Å²) in [7, 11) is 1.52. The first-order valence-electron chi connectivity index (χ1n) is 10.4. The molecule has 0 spiro atoms. The van der Waals surface area contributed by atoms with Crippen LogP contribution in [0.3, 0.4) is 0 Å². The van der Waals surface area contributed by atoms with Crippen LogP contribution in [-0.2, 0) is 4.79 Å². The van der Waals surface area contributed by atoms with Crippen molar-refractivity contribution in [2.24, 2.45) is 0 Å². The third-order valence-corrected chi connectivity index (χ3v) is 6.12. The van der Waals surface area contributed by atoms with Crippen molar-refractivity contribution in [2.75, 3.05) is 17.7 Å². The Bertz CT molecular complexity index is 1170. The minimum absolute atomic E-state index is 0.0757. The lowest BCUT2D eigenvalue weighted by molar-refractivity contribution is -0.116. The SMILES string of the molecule is COc1cc([C@H]2Nc3ccccc3NC3=C2C(=O)C[C@@H](c2ccccc2)C3)ccc1O. The number of carbonyl (C=O) groups excluding carboxylic acids is 1. The fraction of sp³-hybridized carbons (Fsp3) is 0.192. The number of Topliss-reactive ketones (excluding diaryl/α,β-unsaturated/α-hetero) is 1. The van der Waals surface area contributed by atoms with Crippen molar-refractivity contribution in [2.45, 2.75) is 24.8 Å². The van der Waals surface area contributed by atoms with Crippen LogP contribution in [0.15, 0.2) is 84.1 Å². The topological polar surface area (TPSA) is 70.6 Å². The van der Waals surface area contributed by atoms with Crippen LogP contribution >= 0.6 is 0 Å². The third-order valence-electron chi connectivity index (χ3n) is 6.12. The monoisotopic (exact) mass is 412 g/mol. The lowest BCUT2D eigenvalue weighted by Crippen LogP contribution is -2.26. The van der Waals surface area contributed by atoms with Gasteiger partial charge in [0.2, 0.25) is 0 Å². The molecule has 0 fully saturated rings. The number of benzene rings is 3. The van der Waals surface area contributed by atoms with Crippen LogP contribution < -0.4 is 15.4 Å². The van der Waals surface area contributed by atoms with Gasteiger partial charge in [-0.1, -0.05) is 48.5 Å². The Balaban J connectivity index is 1.63. The van der Waals surface area contributed by atoms with E-state index < -0.39 is 0 Å². The largest absolute Gasteiger partial charge is 0.504 e. The first-order valence-corrected chi connectivity index (χ1v) is 10.4.